The summed E-state index contributed by atoms with van der Waals surface area (Å²) in [6.07, 6.45) is -0.160. The maximum Gasteiger partial charge on any atom is 0.249 e. The summed E-state index contributed by atoms with van der Waals surface area (Å²) < 4.78 is 76.8. The summed E-state index contributed by atoms with van der Waals surface area (Å²) in [6.45, 7) is 1.35. The Kier molecular flexibility index (Phi) is 4.36. The predicted octanol–water partition coefficient (Wildman–Crippen LogP) is 2.29. The van der Waals surface area contributed by atoms with Crippen molar-refractivity contribution in [3.05, 3.63) is 29.3 Å². The second-order valence-corrected chi connectivity index (χ2v) is 5.38. The van der Waals surface area contributed by atoms with Crippen LogP contribution in [0.4, 0.5) is 23.2 Å². The quantitative estimate of drug-likeness (QED) is 0.684. The lowest BCUT2D eigenvalue weighted by Gasteiger charge is -2.13. The molecule has 0 bridgehead atoms. The number of sulfonamides is 1. The summed E-state index contributed by atoms with van der Waals surface area (Å²) in [6, 6.07) is 1.35. The predicted molar refractivity (Wildman–Crippen MR) is 58.5 cm³/mol. The summed E-state index contributed by atoms with van der Waals surface area (Å²) >= 11 is 0. The van der Waals surface area contributed by atoms with E-state index in [9.17, 15) is 26.0 Å². The molecule has 0 spiro atoms. The van der Waals surface area contributed by atoms with Gasteiger partial charge < -0.3 is 0 Å². The standard InChI is InChI=1S/C10H8F4N2O2S/c1-2-5(4-15)19(17,18)16-10-8(13)6(11)3-7(12)9(10)14/h3,5,16H,2H2,1H3. The Bertz CT molecular complexity index is 614. The molecule has 0 saturated heterocycles. The highest BCUT2D eigenvalue weighted by Crippen LogP contribution is 2.26. The lowest BCUT2D eigenvalue weighted by molar-refractivity contribution is 0.459. The molecule has 0 amide bonds. The van der Waals surface area contributed by atoms with Crippen LogP contribution in [-0.2, 0) is 10.0 Å². The van der Waals surface area contributed by atoms with Gasteiger partial charge >= 0.3 is 0 Å². The first kappa shape index (κ1) is 15.2. The van der Waals surface area contributed by atoms with Crippen molar-refractivity contribution in [1.82, 2.24) is 0 Å². The Labute approximate surface area is 106 Å². The molecule has 0 aliphatic heterocycles. The number of benzene rings is 1. The Morgan fingerprint density at radius 1 is 1.26 bits per heavy atom. The molecule has 0 aromatic heterocycles. The maximum atomic E-state index is 13.3. The Morgan fingerprint density at radius 2 is 1.74 bits per heavy atom. The molecule has 1 unspecified atom stereocenters. The van der Waals surface area contributed by atoms with Crippen LogP contribution in [0.2, 0.25) is 0 Å². The van der Waals surface area contributed by atoms with Gasteiger partial charge in [0.25, 0.3) is 0 Å². The average molecular weight is 296 g/mol. The minimum Gasteiger partial charge on any atom is -0.277 e. The Balaban J connectivity index is 3.32. The summed E-state index contributed by atoms with van der Waals surface area (Å²) in [5.74, 6) is -7.26. The molecular formula is C10H8F4N2O2S. The third-order valence-electron chi connectivity index (χ3n) is 2.25. The molecule has 0 aliphatic rings. The van der Waals surface area contributed by atoms with E-state index in [2.05, 4.69) is 0 Å². The number of halogens is 4. The first-order chi connectivity index (χ1) is 8.74. The number of rotatable bonds is 4. The highest BCUT2D eigenvalue weighted by Gasteiger charge is 2.28. The fourth-order valence-corrected chi connectivity index (χ4v) is 2.44. The van der Waals surface area contributed by atoms with Gasteiger partial charge in [0.15, 0.2) is 28.5 Å². The molecule has 0 aliphatic carbocycles. The van der Waals surface area contributed by atoms with Crippen molar-refractivity contribution in [3.8, 4) is 6.07 Å². The van der Waals surface area contributed by atoms with Crippen molar-refractivity contribution in [2.75, 3.05) is 4.72 Å². The van der Waals surface area contributed by atoms with Crippen molar-refractivity contribution in [2.45, 2.75) is 18.6 Å². The normalized spacial score (nSPS) is 12.8. The van der Waals surface area contributed by atoms with Crippen LogP contribution < -0.4 is 4.72 Å². The smallest absolute Gasteiger partial charge is 0.249 e. The molecular weight excluding hydrogens is 288 g/mol. The molecule has 0 heterocycles. The fourth-order valence-electron chi connectivity index (χ4n) is 1.26. The average Bonchev–Trinajstić information content (AvgIpc) is 2.33. The second kappa shape index (κ2) is 5.44. The highest BCUT2D eigenvalue weighted by molar-refractivity contribution is 7.93. The number of nitriles is 1. The van der Waals surface area contributed by atoms with E-state index >= 15 is 0 Å². The molecule has 1 atom stereocenters. The largest absolute Gasteiger partial charge is 0.277 e. The second-order valence-electron chi connectivity index (χ2n) is 3.52. The number of anilines is 1. The zero-order valence-corrected chi connectivity index (χ0v) is 10.4. The number of nitrogens with zero attached hydrogens (tertiary/aromatic N) is 1. The molecule has 1 aromatic rings. The van der Waals surface area contributed by atoms with Gasteiger partial charge in [-0.25, -0.2) is 26.0 Å². The van der Waals surface area contributed by atoms with Gasteiger partial charge in [0.05, 0.1) is 6.07 Å². The van der Waals surface area contributed by atoms with E-state index in [1.54, 1.807) is 0 Å². The summed E-state index contributed by atoms with van der Waals surface area (Å²) in [5.41, 5.74) is -1.48. The van der Waals surface area contributed by atoms with Crippen LogP contribution in [0.3, 0.4) is 0 Å². The zero-order valence-electron chi connectivity index (χ0n) is 9.55. The van der Waals surface area contributed by atoms with Gasteiger partial charge in [0.2, 0.25) is 10.0 Å². The van der Waals surface area contributed by atoms with E-state index in [1.165, 1.54) is 17.7 Å². The van der Waals surface area contributed by atoms with Crippen LogP contribution in [-0.4, -0.2) is 13.7 Å². The monoisotopic (exact) mass is 296 g/mol. The minimum absolute atomic E-state index is 0.0515. The molecule has 1 rings (SSSR count). The van der Waals surface area contributed by atoms with Gasteiger partial charge in [-0.3, -0.25) is 4.72 Å². The van der Waals surface area contributed by atoms with E-state index in [1.807, 2.05) is 0 Å². The van der Waals surface area contributed by atoms with Crippen LogP contribution in [0, 0.1) is 34.6 Å². The van der Waals surface area contributed by atoms with Crippen LogP contribution in [0.5, 0.6) is 0 Å². The highest BCUT2D eigenvalue weighted by atomic mass is 32.2. The maximum absolute atomic E-state index is 13.3. The molecule has 19 heavy (non-hydrogen) atoms. The van der Waals surface area contributed by atoms with Gasteiger partial charge in [0.1, 0.15) is 5.69 Å². The molecule has 0 radical (unpaired) electrons. The molecule has 1 aromatic carbocycles. The topological polar surface area (TPSA) is 70.0 Å². The van der Waals surface area contributed by atoms with Crippen LogP contribution in [0.15, 0.2) is 6.07 Å². The van der Waals surface area contributed by atoms with Gasteiger partial charge in [-0.1, -0.05) is 6.92 Å². The zero-order chi connectivity index (χ0) is 14.8. The summed E-state index contributed by atoms with van der Waals surface area (Å²) in [7, 11) is -4.48. The molecule has 1 N–H and O–H groups in total. The van der Waals surface area contributed by atoms with Gasteiger partial charge in [-0.2, -0.15) is 5.26 Å². The lowest BCUT2D eigenvalue weighted by atomic mass is 10.3. The van der Waals surface area contributed by atoms with Crippen molar-refractivity contribution in [1.29, 1.82) is 5.26 Å². The van der Waals surface area contributed by atoms with Crippen molar-refractivity contribution in [3.63, 3.8) is 0 Å². The van der Waals surface area contributed by atoms with Crippen molar-refractivity contribution in [2.24, 2.45) is 0 Å². The van der Waals surface area contributed by atoms with Crippen molar-refractivity contribution >= 4 is 15.7 Å². The SMILES string of the molecule is CCC(C#N)S(=O)(=O)Nc1c(F)c(F)cc(F)c1F. The lowest BCUT2D eigenvalue weighted by Crippen LogP contribution is -2.27. The minimum atomic E-state index is -4.48. The molecule has 104 valence electrons. The molecule has 9 heteroatoms. The van der Waals surface area contributed by atoms with Gasteiger partial charge in [0, 0.05) is 6.07 Å². The summed E-state index contributed by atoms with van der Waals surface area (Å²) in [5, 5.41) is 6.98. The first-order valence-electron chi connectivity index (χ1n) is 4.98. The van der Waals surface area contributed by atoms with E-state index in [4.69, 9.17) is 5.26 Å². The third kappa shape index (κ3) is 2.96. The molecule has 4 nitrogen and oxygen atoms in total. The van der Waals surface area contributed by atoms with Crippen LogP contribution >= 0.6 is 0 Å². The van der Waals surface area contributed by atoms with Gasteiger partial charge in [-0.05, 0) is 6.42 Å². The van der Waals surface area contributed by atoms with Crippen LogP contribution in [0.1, 0.15) is 13.3 Å². The fraction of sp³-hybridized carbons (Fsp3) is 0.300. The Hall–Kier alpha value is -1.82. The third-order valence-corrected chi connectivity index (χ3v) is 3.92. The van der Waals surface area contributed by atoms with E-state index in [0.717, 1.165) is 0 Å². The molecule has 0 fully saturated rings. The number of hydrogen-bond donors (Lipinski definition) is 1. The first-order valence-corrected chi connectivity index (χ1v) is 6.53. The summed E-state index contributed by atoms with van der Waals surface area (Å²) in [4.78, 5) is 0. The van der Waals surface area contributed by atoms with Crippen molar-refractivity contribution < 1.29 is 26.0 Å². The van der Waals surface area contributed by atoms with Gasteiger partial charge in [-0.15, -0.1) is 0 Å². The Morgan fingerprint density at radius 3 is 2.11 bits per heavy atom. The number of hydrogen-bond acceptors (Lipinski definition) is 3. The molecule has 0 saturated carbocycles. The van der Waals surface area contributed by atoms with Crippen LogP contribution in [0.25, 0.3) is 0 Å². The van der Waals surface area contributed by atoms with E-state index in [-0.39, 0.29) is 12.5 Å². The van der Waals surface area contributed by atoms with E-state index in [0.29, 0.717) is 0 Å². The number of nitrogens with one attached hydrogen (secondary N) is 1. The van der Waals surface area contributed by atoms with E-state index < -0.39 is 44.2 Å².